The molecule has 0 aliphatic rings. The lowest BCUT2D eigenvalue weighted by Gasteiger charge is -2.26. The molecule has 206 valence electrons. The van der Waals surface area contributed by atoms with Crippen molar-refractivity contribution in [2.75, 3.05) is 4.90 Å². The SMILES string of the molecule is c1ccc2c(c1)oc1ccc(N(c3ccc4cc5c(cc4c3)sc3ccccc35)c3ccc4oc5ccccc5c4c3)cc12. The van der Waals surface area contributed by atoms with Gasteiger partial charge in [-0.05, 0) is 89.6 Å². The second kappa shape index (κ2) is 8.96. The van der Waals surface area contributed by atoms with Crippen LogP contribution in [-0.4, -0.2) is 0 Å². The topological polar surface area (TPSA) is 29.5 Å². The first-order valence-electron chi connectivity index (χ1n) is 14.7. The van der Waals surface area contributed by atoms with Crippen LogP contribution in [0.4, 0.5) is 17.1 Å². The lowest BCUT2D eigenvalue weighted by atomic mass is 10.0. The third-order valence-corrected chi connectivity index (χ3v) is 9.95. The van der Waals surface area contributed by atoms with Crippen LogP contribution < -0.4 is 4.90 Å². The van der Waals surface area contributed by atoms with E-state index in [4.69, 9.17) is 8.83 Å². The third-order valence-electron chi connectivity index (χ3n) is 8.81. The highest BCUT2D eigenvalue weighted by Gasteiger charge is 2.18. The molecule has 0 unspecified atom stereocenters. The summed E-state index contributed by atoms with van der Waals surface area (Å²) in [5, 5.41) is 9.53. The maximum atomic E-state index is 6.19. The van der Waals surface area contributed by atoms with Crippen molar-refractivity contribution >= 4 is 103 Å². The van der Waals surface area contributed by atoms with Crippen LogP contribution in [0.1, 0.15) is 0 Å². The Morgan fingerprint density at radius 3 is 1.59 bits per heavy atom. The summed E-state index contributed by atoms with van der Waals surface area (Å²) in [7, 11) is 0. The van der Waals surface area contributed by atoms with Crippen LogP contribution >= 0.6 is 11.3 Å². The summed E-state index contributed by atoms with van der Waals surface area (Å²) in [6.07, 6.45) is 0. The predicted molar refractivity (Wildman–Crippen MR) is 186 cm³/mol. The van der Waals surface area contributed by atoms with Crippen molar-refractivity contribution in [3.8, 4) is 0 Å². The van der Waals surface area contributed by atoms with Crippen LogP contribution in [0.5, 0.6) is 0 Å². The molecule has 0 saturated carbocycles. The van der Waals surface area contributed by atoms with Crippen molar-refractivity contribution in [2.45, 2.75) is 0 Å². The molecule has 0 saturated heterocycles. The molecule has 4 heteroatoms. The quantitative estimate of drug-likeness (QED) is 0.208. The summed E-state index contributed by atoms with van der Waals surface area (Å²) in [4.78, 5) is 2.34. The molecule has 0 amide bonds. The number of fused-ring (bicyclic) bond motifs is 10. The van der Waals surface area contributed by atoms with E-state index in [0.29, 0.717) is 0 Å². The van der Waals surface area contributed by atoms with E-state index in [1.165, 1.54) is 30.9 Å². The molecule has 0 radical (unpaired) electrons. The molecule has 10 aromatic rings. The molecule has 7 aromatic carbocycles. The number of furan rings is 2. The van der Waals surface area contributed by atoms with Crippen LogP contribution in [0.3, 0.4) is 0 Å². The second-order valence-electron chi connectivity index (χ2n) is 11.4. The monoisotopic (exact) mass is 581 g/mol. The number of nitrogens with zero attached hydrogens (tertiary/aromatic N) is 1. The van der Waals surface area contributed by atoms with Crippen molar-refractivity contribution in [3.05, 3.63) is 140 Å². The molecule has 0 fully saturated rings. The molecule has 44 heavy (non-hydrogen) atoms. The Balaban J connectivity index is 1.22. The first-order valence-corrected chi connectivity index (χ1v) is 15.6. The molecule has 3 nitrogen and oxygen atoms in total. The fourth-order valence-corrected chi connectivity index (χ4v) is 7.88. The Hall–Kier alpha value is -5.58. The summed E-state index contributed by atoms with van der Waals surface area (Å²) in [6.45, 7) is 0. The first-order chi connectivity index (χ1) is 21.8. The number of benzene rings is 7. The molecule has 0 atom stereocenters. The van der Waals surface area contributed by atoms with Gasteiger partial charge in [-0.25, -0.2) is 0 Å². The number of hydrogen-bond acceptors (Lipinski definition) is 4. The highest BCUT2D eigenvalue weighted by Crippen LogP contribution is 2.43. The average molecular weight is 582 g/mol. The summed E-state index contributed by atoms with van der Waals surface area (Å²) in [5.74, 6) is 0. The van der Waals surface area contributed by atoms with Gasteiger partial charge in [0.05, 0.1) is 0 Å². The van der Waals surface area contributed by atoms with Gasteiger partial charge < -0.3 is 13.7 Å². The summed E-state index contributed by atoms with van der Waals surface area (Å²) < 4.78 is 15.0. The smallest absolute Gasteiger partial charge is 0.135 e. The van der Waals surface area contributed by atoms with Gasteiger partial charge in [0, 0.05) is 58.8 Å². The van der Waals surface area contributed by atoms with Crippen molar-refractivity contribution in [3.63, 3.8) is 0 Å². The molecule has 0 aliphatic carbocycles. The van der Waals surface area contributed by atoms with Gasteiger partial charge in [0.25, 0.3) is 0 Å². The third kappa shape index (κ3) is 3.49. The van der Waals surface area contributed by atoms with Gasteiger partial charge in [0.1, 0.15) is 22.3 Å². The fourth-order valence-electron chi connectivity index (χ4n) is 6.75. The van der Waals surface area contributed by atoms with Crippen LogP contribution in [0.2, 0.25) is 0 Å². The fraction of sp³-hybridized carbons (Fsp3) is 0. The Morgan fingerprint density at radius 2 is 0.909 bits per heavy atom. The lowest BCUT2D eigenvalue weighted by molar-refractivity contribution is 0.668. The van der Waals surface area contributed by atoms with E-state index in [2.05, 4.69) is 120 Å². The molecular formula is C40H23NO2S. The van der Waals surface area contributed by atoms with Crippen LogP contribution in [0, 0.1) is 0 Å². The second-order valence-corrected chi connectivity index (χ2v) is 12.5. The van der Waals surface area contributed by atoms with E-state index in [1.54, 1.807) is 0 Å². The van der Waals surface area contributed by atoms with E-state index in [-0.39, 0.29) is 0 Å². The van der Waals surface area contributed by atoms with Crippen LogP contribution in [0.25, 0.3) is 74.8 Å². The van der Waals surface area contributed by atoms with Gasteiger partial charge in [-0.1, -0.05) is 60.7 Å². The molecule has 3 aromatic heterocycles. The zero-order valence-corrected chi connectivity index (χ0v) is 24.3. The zero-order chi connectivity index (χ0) is 28.8. The van der Waals surface area contributed by atoms with E-state index >= 15 is 0 Å². The predicted octanol–water partition coefficient (Wildman–Crippen LogP) is 12.5. The minimum Gasteiger partial charge on any atom is -0.456 e. The van der Waals surface area contributed by atoms with E-state index in [0.717, 1.165) is 60.9 Å². The molecule has 10 rings (SSSR count). The van der Waals surface area contributed by atoms with Gasteiger partial charge in [-0.2, -0.15) is 0 Å². The summed E-state index contributed by atoms with van der Waals surface area (Å²) in [6, 6.07) is 49.6. The summed E-state index contributed by atoms with van der Waals surface area (Å²) >= 11 is 1.86. The maximum absolute atomic E-state index is 6.19. The highest BCUT2D eigenvalue weighted by atomic mass is 32.1. The van der Waals surface area contributed by atoms with E-state index < -0.39 is 0 Å². The van der Waals surface area contributed by atoms with Gasteiger partial charge in [0.15, 0.2) is 0 Å². The van der Waals surface area contributed by atoms with Gasteiger partial charge >= 0.3 is 0 Å². The molecule has 0 spiro atoms. The molecule has 3 heterocycles. The number of hydrogen-bond donors (Lipinski definition) is 0. The highest BCUT2D eigenvalue weighted by molar-refractivity contribution is 7.25. The minimum absolute atomic E-state index is 0.886. The van der Waals surface area contributed by atoms with E-state index in [9.17, 15) is 0 Å². The minimum atomic E-state index is 0.886. The van der Waals surface area contributed by atoms with Gasteiger partial charge in [-0.3, -0.25) is 0 Å². The van der Waals surface area contributed by atoms with Crippen molar-refractivity contribution in [2.24, 2.45) is 0 Å². The standard InChI is InChI=1S/C40H23NO2S/c1-4-10-35-29(7-1)32-22-27(15-17-37(32)42-35)41(28-16-18-38-33(23-28)30-8-2-5-11-36(30)43-38)26-14-13-24-20-34-31-9-3-6-12-39(31)44-40(34)21-25(24)19-26/h1-23H. The number of thiophene rings is 1. The number of para-hydroxylation sites is 2. The molecule has 0 aliphatic heterocycles. The Morgan fingerprint density at radius 1 is 0.364 bits per heavy atom. The molecular weight excluding hydrogens is 559 g/mol. The number of anilines is 3. The Kier molecular flexibility index (Phi) is 4.87. The van der Waals surface area contributed by atoms with E-state index in [1.807, 2.05) is 35.6 Å². The number of rotatable bonds is 3. The Labute approximate surface area is 255 Å². The first kappa shape index (κ1) is 23.9. The maximum Gasteiger partial charge on any atom is 0.135 e. The normalized spacial score (nSPS) is 12.1. The molecule has 0 N–H and O–H groups in total. The average Bonchev–Trinajstić information content (AvgIpc) is 3.74. The lowest BCUT2D eigenvalue weighted by Crippen LogP contribution is -2.09. The van der Waals surface area contributed by atoms with Crippen molar-refractivity contribution in [1.82, 2.24) is 0 Å². The van der Waals surface area contributed by atoms with Gasteiger partial charge in [-0.15, -0.1) is 11.3 Å². The Bertz CT molecular complexity index is 2630. The van der Waals surface area contributed by atoms with Crippen LogP contribution in [-0.2, 0) is 0 Å². The molecule has 0 bridgehead atoms. The van der Waals surface area contributed by atoms with Gasteiger partial charge in [0.2, 0.25) is 0 Å². The zero-order valence-electron chi connectivity index (χ0n) is 23.5. The van der Waals surface area contributed by atoms with Crippen molar-refractivity contribution in [1.29, 1.82) is 0 Å². The largest absolute Gasteiger partial charge is 0.456 e. The van der Waals surface area contributed by atoms with Crippen LogP contribution in [0.15, 0.2) is 148 Å². The summed E-state index contributed by atoms with van der Waals surface area (Å²) in [5.41, 5.74) is 6.80. The van der Waals surface area contributed by atoms with Crippen molar-refractivity contribution < 1.29 is 8.83 Å².